The second-order valence-corrected chi connectivity index (χ2v) is 5.05. The van der Waals surface area contributed by atoms with Gasteiger partial charge in [-0.15, -0.1) is 0 Å². The van der Waals surface area contributed by atoms with Crippen molar-refractivity contribution in [1.29, 1.82) is 0 Å². The van der Waals surface area contributed by atoms with Crippen LogP contribution in [0.1, 0.15) is 19.8 Å². The molecule has 1 unspecified atom stereocenters. The highest BCUT2D eigenvalue weighted by molar-refractivity contribution is 5.84. The number of ether oxygens (including phenoxy) is 1. The van der Waals surface area contributed by atoms with E-state index in [1.807, 2.05) is 36.4 Å². The van der Waals surface area contributed by atoms with Crippen LogP contribution >= 0.6 is 0 Å². The van der Waals surface area contributed by atoms with Gasteiger partial charge in [0.2, 0.25) is 0 Å². The first-order valence-electron chi connectivity index (χ1n) is 6.68. The Morgan fingerprint density at radius 2 is 1.95 bits per heavy atom. The molecule has 2 aromatic carbocycles. The highest BCUT2D eigenvalue weighted by Crippen LogP contribution is 2.22. The van der Waals surface area contributed by atoms with Gasteiger partial charge in [0.25, 0.3) is 5.91 Å². The Morgan fingerprint density at radius 1 is 1.21 bits per heavy atom. The number of amides is 1. The first-order valence-corrected chi connectivity index (χ1v) is 6.68. The van der Waals surface area contributed by atoms with Crippen LogP contribution in [0.2, 0.25) is 0 Å². The average Bonchev–Trinajstić information content (AvgIpc) is 3.22. The third kappa shape index (κ3) is 2.87. The molecule has 0 spiro atoms. The molecule has 98 valence electrons. The molecule has 1 fully saturated rings. The monoisotopic (exact) mass is 255 g/mol. The van der Waals surface area contributed by atoms with Crippen molar-refractivity contribution >= 4 is 16.7 Å². The molecular weight excluding hydrogens is 238 g/mol. The number of fused-ring (bicyclic) bond motifs is 1. The fraction of sp³-hybridized carbons (Fsp3) is 0.312. The lowest BCUT2D eigenvalue weighted by atomic mass is 10.1. The van der Waals surface area contributed by atoms with Gasteiger partial charge in [0, 0.05) is 6.04 Å². The largest absolute Gasteiger partial charge is 0.481 e. The van der Waals surface area contributed by atoms with Crippen molar-refractivity contribution in [1.82, 2.24) is 5.32 Å². The van der Waals surface area contributed by atoms with Crippen LogP contribution < -0.4 is 10.1 Å². The summed E-state index contributed by atoms with van der Waals surface area (Å²) in [6, 6.07) is 14.4. The maximum absolute atomic E-state index is 11.8. The summed E-state index contributed by atoms with van der Waals surface area (Å²) >= 11 is 0. The molecule has 0 radical (unpaired) electrons. The van der Waals surface area contributed by atoms with E-state index in [4.69, 9.17) is 4.74 Å². The summed E-state index contributed by atoms with van der Waals surface area (Å²) in [5.74, 6) is 0.702. The van der Waals surface area contributed by atoms with Crippen LogP contribution in [0.25, 0.3) is 10.8 Å². The van der Waals surface area contributed by atoms with Gasteiger partial charge in [-0.3, -0.25) is 4.79 Å². The number of benzene rings is 2. The lowest BCUT2D eigenvalue weighted by Crippen LogP contribution is -2.37. The van der Waals surface area contributed by atoms with E-state index in [0.29, 0.717) is 6.04 Å². The summed E-state index contributed by atoms with van der Waals surface area (Å²) in [6.07, 6.45) is 1.73. The van der Waals surface area contributed by atoms with Crippen LogP contribution in [0.3, 0.4) is 0 Å². The number of nitrogens with one attached hydrogen (secondary N) is 1. The molecule has 3 heteroatoms. The lowest BCUT2D eigenvalue weighted by Gasteiger charge is -2.14. The van der Waals surface area contributed by atoms with Crippen molar-refractivity contribution < 1.29 is 9.53 Å². The third-order valence-corrected chi connectivity index (χ3v) is 3.33. The van der Waals surface area contributed by atoms with Crippen LogP contribution in [0.5, 0.6) is 5.75 Å². The Morgan fingerprint density at radius 3 is 2.68 bits per heavy atom. The van der Waals surface area contributed by atoms with Crippen LogP contribution in [0, 0.1) is 0 Å². The highest BCUT2D eigenvalue weighted by atomic mass is 16.5. The summed E-state index contributed by atoms with van der Waals surface area (Å²) < 4.78 is 5.70. The average molecular weight is 255 g/mol. The summed E-state index contributed by atoms with van der Waals surface area (Å²) in [6.45, 7) is 1.78. The topological polar surface area (TPSA) is 38.3 Å². The minimum atomic E-state index is -0.457. The number of hydrogen-bond donors (Lipinski definition) is 1. The molecule has 0 heterocycles. The fourth-order valence-electron chi connectivity index (χ4n) is 2.04. The second kappa shape index (κ2) is 4.92. The molecule has 19 heavy (non-hydrogen) atoms. The molecular formula is C16H17NO2. The molecule has 1 amide bonds. The van der Waals surface area contributed by atoms with Gasteiger partial charge in [-0.1, -0.05) is 30.3 Å². The van der Waals surface area contributed by atoms with E-state index in [9.17, 15) is 4.79 Å². The molecule has 0 aromatic heterocycles. The zero-order valence-electron chi connectivity index (χ0n) is 10.9. The molecule has 1 aliphatic rings. The van der Waals surface area contributed by atoms with Crippen LogP contribution in [-0.2, 0) is 4.79 Å². The van der Waals surface area contributed by atoms with Gasteiger partial charge in [-0.25, -0.2) is 0 Å². The van der Waals surface area contributed by atoms with Crippen molar-refractivity contribution in [2.24, 2.45) is 0 Å². The van der Waals surface area contributed by atoms with Gasteiger partial charge in [-0.2, -0.15) is 0 Å². The molecule has 1 saturated carbocycles. The minimum absolute atomic E-state index is 0.0318. The number of carbonyl (C=O) groups excluding carboxylic acids is 1. The molecule has 1 N–H and O–H groups in total. The quantitative estimate of drug-likeness (QED) is 0.912. The Balaban J connectivity index is 1.71. The van der Waals surface area contributed by atoms with Crippen LogP contribution in [0.15, 0.2) is 42.5 Å². The standard InChI is InChI=1S/C16H17NO2/c1-11(16(18)17-14-7-8-14)19-15-9-6-12-4-2-3-5-13(12)10-15/h2-6,9-11,14H,7-8H2,1H3,(H,17,18). The van der Waals surface area contributed by atoms with E-state index in [1.165, 1.54) is 5.39 Å². The van der Waals surface area contributed by atoms with Gasteiger partial charge in [0.1, 0.15) is 5.75 Å². The van der Waals surface area contributed by atoms with E-state index >= 15 is 0 Å². The molecule has 3 rings (SSSR count). The van der Waals surface area contributed by atoms with Crippen molar-refractivity contribution in [3.05, 3.63) is 42.5 Å². The lowest BCUT2D eigenvalue weighted by molar-refractivity contribution is -0.127. The zero-order valence-corrected chi connectivity index (χ0v) is 10.9. The van der Waals surface area contributed by atoms with E-state index in [2.05, 4.69) is 11.4 Å². The molecule has 2 aromatic rings. The van der Waals surface area contributed by atoms with Gasteiger partial charge in [0.05, 0.1) is 0 Å². The zero-order chi connectivity index (χ0) is 13.2. The Bertz CT molecular complexity index is 604. The molecule has 1 atom stereocenters. The number of carbonyl (C=O) groups is 1. The Kier molecular flexibility index (Phi) is 3.11. The van der Waals surface area contributed by atoms with E-state index in [-0.39, 0.29) is 5.91 Å². The van der Waals surface area contributed by atoms with Crippen molar-refractivity contribution in [3.8, 4) is 5.75 Å². The number of hydrogen-bond acceptors (Lipinski definition) is 2. The number of rotatable bonds is 4. The molecule has 3 nitrogen and oxygen atoms in total. The Hall–Kier alpha value is -2.03. The van der Waals surface area contributed by atoms with Gasteiger partial charge < -0.3 is 10.1 Å². The predicted octanol–water partition coefficient (Wildman–Crippen LogP) is 2.89. The maximum Gasteiger partial charge on any atom is 0.260 e. The minimum Gasteiger partial charge on any atom is -0.481 e. The maximum atomic E-state index is 11.8. The summed E-state index contributed by atoms with van der Waals surface area (Å²) in [4.78, 5) is 11.8. The summed E-state index contributed by atoms with van der Waals surface area (Å²) in [5, 5.41) is 5.24. The van der Waals surface area contributed by atoms with Gasteiger partial charge >= 0.3 is 0 Å². The fourth-order valence-corrected chi connectivity index (χ4v) is 2.04. The summed E-state index contributed by atoms with van der Waals surface area (Å²) in [7, 11) is 0. The SMILES string of the molecule is CC(Oc1ccc2ccccc2c1)C(=O)NC1CC1. The molecule has 0 bridgehead atoms. The van der Waals surface area contributed by atoms with E-state index in [0.717, 1.165) is 24.0 Å². The Labute approximate surface area is 112 Å². The van der Waals surface area contributed by atoms with Crippen molar-refractivity contribution in [3.63, 3.8) is 0 Å². The van der Waals surface area contributed by atoms with Crippen molar-refractivity contribution in [2.45, 2.75) is 31.9 Å². The highest BCUT2D eigenvalue weighted by Gasteiger charge is 2.26. The second-order valence-electron chi connectivity index (χ2n) is 5.05. The molecule has 0 aliphatic heterocycles. The van der Waals surface area contributed by atoms with Crippen LogP contribution in [0.4, 0.5) is 0 Å². The normalized spacial score (nSPS) is 16.1. The van der Waals surface area contributed by atoms with E-state index in [1.54, 1.807) is 6.92 Å². The predicted molar refractivity (Wildman–Crippen MR) is 75.2 cm³/mol. The molecule has 0 saturated heterocycles. The van der Waals surface area contributed by atoms with Gasteiger partial charge in [0.15, 0.2) is 6.10 Å². The van der Waals surface area contributed by atoms with Crippen LogP contribution in [-0.4, -0.2) is 18.1 Å². The van der Waals surface area contributed by atoms with Crippen molar-refractivity contribution in [2.75, 3.05) is 0 Å². The first kappa shape index (κ1) is 12.0. The van der Waals surface area contributed by atoms with Gasteiger partial charge in [-0.05, 0) is 42.7 Å². The molecule has 1 aliphatic carbocycles. The summed E-state index contributed by atoms with van der Waals surface area (Å²) in [5.41, 5.74) is 0. The third-order valence-electron chi connectivity index (χ3n) is 3.33. The first-order chi connectivity index (χ1) is 9.22. The smallest absolute Gasteiger partial charge is 0.260 e. The van der Waals surface area contributed by atoms with E-state index < -0.39 is 6.10 Å².